The first-order chi connectivity index (χ1) is 9.60. The summed E-state index contributed by atoms with van der Waals surface area (Å²) in [5.74, 6) is 3.49. The van der Waals surface area contributed by atoms with Crippen molar-refractivity contribution in [3.8, 4) is 0 Å². The molecule has 1 N–H and O–H groups in total. The number of hydrogen-bond acceptors (Lipinski definition) is 3. The number of aromatic nitrogens is 2. The molecule has 112 valence electrons. The predicted molar refractivity (Wildman–Crippen MR) is 85.4 cm³/mol. The normalized spacial score (nSPS) is 22.8. The van der Waals surface area contributed by atoms with E-state index in [-0.39, 0.29) is 0 Å². The van der Waals surface area contributed by atoms with Crippen LogP contribution in [-0.4, -0.2) is 16.5 Å². The fraction of sp³-hybridized carbons (Fsp3) is 0.750. The van der Waals surface area contributed by atoms with Gasteiger partial charge in [0, 0.05) is 18.5 Å². The Morgan fingerprint density at radius 1 is 1.30 bits per heavy atom. The second kappa shape index (κ2) is 7.26. The molecule has 3 nitrogen and oxygen atoms in total. The fourth-order valence-electron chi connectivity index (χ4n) is 3.08. The molecule has 0 spiro atoms. The summed E-state index contributed by atoms with van der Waals surface area (Å²) in [7, 11) is 0. The third-order valence-corrected chi connectivity index (χ3v) is 4.71. The Bertz CT molecular complexity index is 448. The molecule has 1 aliphatic carbocycles. The Balaban J connectivity index is 1.89. The number of anilines is 1. The van der Waals surface area contributed by atoms with Gasteiger partial charge in [0.25, 0.3) is 0 Å². The van der Waals surface area contributed by atoms with Gasteiger partial charge in [-0.15, -0.1) is 0 Å². The van der Waals surface area contributed by atoms with Crippen LogP contribution in [0.2, 0.25) is 5.15 Å². The monoisotopic (exact) mass is 295 g/mol. The van der Waals surface area contributed by atoms with Crippen LogP contribution in [0.4, 0.5) is 5.82 Å². The second-order valence-corrected chi connectivity index (χ2v) is 6.47. The average molecular weight is 296 g/mol. The molecule has 2 atom stereocenters. The van der Waals surface area contributed by atoms with E-state index >= 15 is 0 Å². The molecule has 1 saturated carbocycles. The van der Waals surface area contributed by atoms with Gasteiger partial charge >= 0.3 is 0 Å². The van der Waals surface area contributed by atoms with Gasteiger partial charge < -0.3 is 5.32 Å². The van der Waals surface area contributed by atoms with Crippen molar-refractivity contribution in [3.05, 3.63) is 16.5 Å². The molecule has 1 aromatic rings. The minimum atomic E-state index is 0.575. The Hall–Kier alpha value is -0.830. The topological polar surface area (TPSA) is 37.8 Å². The summed E-state index contributed by atoms with van der Waals surface area (Å²) in [5, 5.41) is 4.03. The van der Waals surface area contributed by atoms with Crippen LogP contribution < -0.4 is 5.32 Å². The third-order valence-electron chi connectivity index (χ3n) is 4.34. The summed E-state index contributed by atoms with van der Waals surface area (Å²) >= 11 is 6.15. The van der Waals surface area contributed by atoms with Gasteiger partial charge in [-0.1, -0.05) is 44.7 Å². The van der Waals surface area contributed by atoms with Crippen LogP contribution in [0, 0.1) is 18.8 Å². The molecule has 4 heteroatoms. The number of nitrogens with zero attached hydrogens (tertiary/aromatic N) is 2. The van der Waals surface area contributed by atoms with Crippen LogP contribution in [0.5, 0.6) is 0 Å². The molecule has 1 aromatic heterocycles. The van der Waals surface area contributed by atoms with Crippen LogP contribution in [0.3, 0.4) is 0 Å². The zero-order chi connectivity index (χ0) is 14.5. The van der Waals surface area contributed by atoms with Gasteiger partial charge in [-0.3, -0.25) is 0 Å². The highest BCUT2D eigenvalue weighted by Gasteiger charge is 2.18. The van der Waals surface area contributed by atoms with Crippen molar-refractivity contribution in [2.45, 2.75) is 59.3 Å². The summed E-state index contributed by atoms with van der Waals surface area (Å²) in [5.41, 5.74) is 0.959. The van der Waals surface area contributed by atoms with Crippen LogP contribution in [0.1, 0.15) is 57.3 Å². The molecule has 0 aromatic carbocycles. The highest BCUT2D eigenvalue weighted by molar-refractivity contribution is 6.30. The molecular weight excluding hydrogens is 270 g/mol. The highest BCUT2D eigenvalue weighted by Crippen LogP contribution is 2.30. The van der Waals surface area contributed by atoms with Crippen molar-refractivity contribution in [2.75, 3.05) is 11.9 Å². The smallest absolute Gasteiger partial charge is 0.137 e. The Kier molecular flexibility index (Phi) is 5.64. The first-order valence-electron chi connectivity index (χ1n) is 7.87. The van der Waals surface area contributed by atoms with Crippen molar-refractivity contribution in [2.24, 2.45) is 11.8 Å². The largest absolute Gasteiger partial charge is 0.370 e. The molecule has 0 bridgehead atoms. The van der Waals surface area contributed by atoms with E-state index in [0.29, 0.717) is 5.15 Å². The van der Waals surface area contributed by atoms with Crippen LogP contribution in [-0.2, 0) is 6.42 Å². The third kappa shape index (κ3) is 4.08. The van der Waals surface area contributed by atoms with Crippen molar-refractivity contribution < 1.29 is 0 Å². The quantitative estimate of drug-likeness (QED) is 0.805. The maximum absolute atomic E-state index is 6.15. The SMILES string of the molecule is CCc1nc(Cl)c(C)c(NCCC2CCCC(C)C2)n1. The Morgan fingerprint density at radius 3 is 2.80 bits per heavy atom. The minimum Gasteiger partial charge on any atom is -0.370 e. The van der Waals surface area contributed by atoms with E-state index < -0.39 is 0 Å². The van der Waals surface area contributed by atoms with E-state index in [9.17, 15) is 0 Å². The number of hydrogen-bond donors (Lipinski definition) is 1. The van der Waals surface area contributed by atoms with Crippen molar-refractivity contribution in [1.29, 1.82) is 0 Å². The second-order valence-electron chi connectivity index (χ2n) is 6.11. The molecule has 0 saturated heterocycles. The molecular formula is C16H26ClN3. The summed E-state index contributed by atoms with van der Waals surface area (Å²) in [4.78, 5) is 8.82. The lowest BCUT2D eigenvalue weighted by Crippen LogP contribution is -2.17. The zero-order valence-electron chi connectivity index (χ0n) is 12.9. The van der Waals surface area contributed by atoms with E-state index in [2.05, 4.69) is 22.2 Å². The number of aryl methyl sites for hydroxylation is 1. The molecule has 0 amide bonds. The molecule has 1 aliphatic rings. The summed E-state index contributed by atoms with van der Waals surface area (Å²) in [6, 6.07) is 0. The lowest BCUT2D eigenvalue weighted by atomic mass is 9.81. The van der Waals surface area contributed by atoms with Crippen molar-refractivity contribution in [3.63, 3.8) is 0 Å². The zero-order valence-corrected chi connectivity index (χ0v) is 13.6. The van der Waals surface area contributed by atoms with Gasteiger partial charge in [0.1, 0.15) is 16.8 Å². The van der Waals surface area contributed by atoms with E-state index in [1.54, 1.807) is 0 Å². The van der Waals surface area contributed by atoms with Crippen LogP contribution in [0.25, 0.3) is 0 Å². The van der Waals surface area contributed by atoms with Crippen LogP contribution in [0.15, 0.2) is 0 Å². The minimum absolute atomic E-state index is 0.575. The number of halogens is 1. The van der Waals surface area contributed by atoms with Gasteiger partial charge in [-0.25, -0.2) is 9.97 Å². The molecule has 1 heterocycles. The molecule has 2 unspecified atom stereocenters. The predicted octanol–water partition coefficient (Wildman–Crippen LogP) is 4.63. The number of rotatable bonds is 5. The lowest BCUT2D eigenvalue weighted by Gasteiger charge is -2.26. The fourth-order valence-corrected chi connectivity index (χ4v) is 3.27. The first kappa shape index (κ1) is 15.6. The van der Waals surface area contributed by atoms with Crippen molar-refractivity contribution in [1.82, 2.24) is 9.97 Å². The maximum Gasteiger partial charge on any atom is 0.137 e. The van der Waals surface area contributed by atoms with Gasteiger partial charge in [-0.2, -0.15) is 0 Å². The first-order valence-corrected chi connectivity index (χ1v) is 8.24. The highest BCUT2D eigenvalue weighted by atomic mass is 35.5. The molecule has 0 radical (unpaired) electrons. The molecule has 0 aliphatic heterocycles. The Morgan fingerprint density at radius 2 is 2.10 bits per heavy atom. The maximum atomic E-state index is 6.15. The van der Waals surface area contributed by atoms with E-state index in [0.717, 1.165) is 42.0 Å². The summed E-state index contributed by atoms with van der Waals surface area (Å²) in [6.07, 6.45) is 7.61. The van der Waals surface area contributed by atoms with Gasteiger partial charge in [0.15, 0.2) is 0 Å². The average Bonchev–Trinajstić information content (AvgIpc) is 2.43. The molecule has 2 rings (SSSR count). The van der Waals surface area contributed by atoms with E-state index in [1.807, 2.05) is 13.8 Å². The number of nitrogens with one attached hydrogen (secondary N) is 1. The lowest BCUT2D eigenvalue weighted by molar-refractivity contribution is 0.274. The summed E-state index contributed by atoms with van der Waals surface area (Å²) in [6.45, 7) is 7.39. The summed E-state index contributed by atoms with van der Waals surface area (Å²) < 4.78 is 0. The Labute approximate surface area is 127 Å². The van der Waals surface area contributed by atoms with E-state index in [4.69, 9.17) is 11.6 Å². The van der Waals surface area contributed by atoms with E-state index in [1.165, 1.54) is 32.1 Å². The van der Waals surface area contributed by atoms with Crippen LogP contribution >= 0.6 is 11.6 Å². The molecule has 20 heavy (non-hydrogen) atoms. The standard InChI is InChI=1S/C16H26ClN3/c1-4-14-19-15(17)12(3)16(20-14)18-9-8-13-7-5-6-11(2)10-13/h11,13H,4-10H2,1-3H3,(H,18,19,20). The van der Waals surface area contributed by atoms with Gasteiger partial charge in [0.2, 0.25) is 0 Å². The van der Waals surface area contributed by atoms with Gasteiger partial charge in [0.05, 0.1) is 0 Å². The molecule has 1 fully saturated rings. The van der Waals surface area contributed by atoms with Crippen molar-refractivity contribution >= 4 is 17.4 Å². The van der Waals surface area contributed by atoms with Gasteiger partial charge in [-0.05, 0) is 31.6 Å².